The first-order chi connectivity index (χ1) is 17.9. The van der Waals surface area contributed by atoms with Crippen LogP contribution in [0.15, 0.2) is 60.7 Å². The highest BCUT2D eigenvalue weighted by atomic mass is 35.5. The van der Waals surface area contributed by atoms with Gasteiger partial charge in [-0.1, -0.05) is 49.7 Å². The van der Waals surface area contributed by atoms with Gasteiger partial charge in [0.25, 0.3) is 0 Å². The largest absolute Gasteiger partial charge is 0.508 e. The fraction of sp³-hybridized carbons (Fsp3) is 0.333. The smallest absolute Gasteiger partial charge is 0.150 e. The van der Waals surface area contributed by atoms with E-state index < -0.39 is 6.10 Å². The monoisotopic (exact) mass is 525 g/mol. The summed E-state index contributed by atoms with van der Waals surface area (Å²) in [5.74, 6) is 1.66. The molecule has 0 radical (unpaired) electrons. The van der Waals surface area contributed by atoms with Crippen LogP contribution in [0.3, 0.4) is 0 Å². The van der Waals surface area contributed by atoms with E-state index in [0.717, 1.165) is 53.2 Å². The van der Waals surface area contributed by atoms with E-state index in [1.807, 2.05) is 51.1 Å². The first kappa shape index (κ1) is 26.8. The molecule has 0 aliphatic carbocycles. The average molecular weight is 526 g/mol. The molecule has 0 spiro atoms. The summed E-state index contributed by atoms with van der Waals surface area (Å²) < 4.78 is 24.9. The Morgan fingerprint density at radius 3 is 2.46 bits per heavy atom. The second-order valence-electron chi connectivity index (χ2n) is 9.08. The molecular weight excluding hydrogens is 493 g/mol. The summed E-state index contributed by atoms with van der Waals surface area (Å²) in [6.45, 7) is 8.63. The molecular formula is C30H33ClFNO4. The number of fused-ring (bicyclic) bond motifs is 1. The maximum atomic E-state index is 12.6. The molecule has 5 nitrogen and oxygen atoms in total. The Morgan fingerprint density at radius 1 is 1.05 bits per heavy atom. The molecule has 1 atom stereocenters. The van der Waals surface area contributed by atoms with Crippen molar-refractivity contribution in [2.24, 2.45) is 5.92 Å². The van der Waals surface area contributed by atoms with Gasteiger partial charge >= 0.3 is 0 Å². The summed E-state index contributed by atoms with van der Waals surface area (Å²) >= 11 is 6.17. The van der Waals surface area contributed by atoms with Crippen LogP contribution in [-0.4, -0.2) is 48.0 Å². The third-order valence-electron chi connectivity index (χ3n) is 6.63. The number of hydrogen-bond acceptors (Lipinski definition) is 5. The van der Waals surface area contributed by atoms with Gasteiger partial charge in [0.05, 0.1) is 11.7 Å². The lowest BCUT2D eigenvalue weighted by atomic mass is 9.86. The van der Waals surface area contributed by atoms with Crippen molar-refractivity contribution in [3.63, 3.8) is 0 Å². The van der Waals surface area contributed by atoms with E-state index in [4.69, 9.17) is 21.1 Å². The molecule has 2 N–H and O–H groups in total. The van der Waals surface area contributed by atoms with Crippen molar-refractivity contribution in [3.8, 4) is 23.0 Å². The summed E-state index contributed by atoms with van der Waals surface area (Å²) in [4.78, 5) is 2.18. The lowest BCUT2D eigenvalue weighted by Gasteiger charge is -2.37. The fourth-order valence-corrected chi connectivity index (χ4v) is 4.88. The molecule has 37 heavy (non-hydrogen) atoms. The number of alkyl halides is 1. The van der Waals surface area contributed by atoms with Gasteiger partial charge in [-0.3, -0.25) is 9.29 Å². The normalized spacial score (nSPS) is 17.3. The molecule has 1 saturated heterocycles. The number of benzene rings is 3. The number of likely N-dealkylation sites (tertiary alicyclic amines) is 1. The molecule has 3 aromatic rings. The van der Waals surface area contributed by atoms with Crippen LogP contribution in [0.25, 0.3) is 11.1 Å². The summed E-state index contributed by atoms with van der Waals surface area (Å²) in [5.41, 5.74) is 4.31. The Balaban J connectivity index is 0.00000156. The third-order valence-corrected chi connectivity index (χ3v) is 6.93. The van der Waals surface area contributed by atoms with Gasteiger partial charge in [0, 0.05) is 42.8 Å². The number of phenolic OH excluding ortho intramolecular Hbond substituents is 2. The number of nitrogens with zero attached hydrogens (tertiary/aromatic N) is 1. The van der Waals surface area contributed by atoms with Gasteiger partial charge in [0.2, 0.25) is 0 Å². The Bertz CT molecular complexity index is 1250. The molecule has 0 bridgehead atoms. The number of aromatic hydroxyl groups is 2. The van der Waals surface area contributed by atoms with Crippen molar-refractivity contribution < 1.29 is 24.1 Å². The van der Waals surface area contributed by atoms with E-state index in [1.54, 1.807) is 30.3 Å². The Labute approximate surface area is 222 Å². The van der Waals surface area contributed by atoms with E-state index in [1.165, 1.54) is 0 Å². The molecule has 2 heterocycles. The van der Waals surface area contributed by atoms with E-state index in [9.17, 15) is 14.6 Å². The Kier molecular flexibility index (Phi) is 8.62. The molecule has 5 rings (SSSR count). The number of ether oxygens (including phenoxy) is 2. The van der Waals surface area contributed by atoms with Gasteiger partial charge in [-0.2, -0.15) is 0 Å². The van der Waals surface area contributed by atoms with Crippen LogP contribution in [0.1, 0.15) is 43.6 Å². The van der Waals surface area contributed by atoms with Gasteiger partial charge in [-0.15, -0.1) is 0 Å². The van der Waals surface area contributed by atoms with Crippen molar-refractivity contribution in [1.82, 2.24) is 4.90 Å². The second kappa shape index (κ2) is 11.9. The maximum absolute atomic E-state index is 12.6. The van der Waals surface area contributed by atoms with Gasteiger partial charge in [-0.05, 0) is 54.0 Å². The highest BCUT2D eigenvalue weighted by Crippen LogP contribution is 2.49. The van der Waals surface area contributed by atoms with Crippen molar-refractivity contribution in [3.05, 3.63) is 82.4 Å². The zero-order chi connectivity index (χ0) is 26.5. The van der Waals surface area contributed by atoms with Crippen molar-refractivity contribution in [2.45, 2.75) is 26.9 Å². The maximum Gasteiger partial charge on any atom is 0.150 e. The minimum absolute atomic E-state index is 0.0120. The van der Waals surface area contributed by atoms with Crippen LogP contribution < -0.4 is 9.47 Å². The molecule has 1 unspecified atom stereocenters. The van der Waals surface area contributed by atoms with Crippen molar-refractivity contribution in [1.29, 1.82) is 0 Å². The van der Waals surface area contributed by atoms with Gasteiger partial charge < -0.3 is 19.7 Å². The van der Waals surface area contributed by atoms with Crippen LogP contribution in [0.5, 0.6) is 23.0 Å². The molecule has 0 saturated carbocycles. The molecule has 3 aromatic carbocycles. The zero-order valence-corrected chi connectivity index (χ0v) is 22.1. The van der Waals surface area contributed by atoms with Crippen molar-refractivity contribution in [2.75, 3.05) is 32.9 Å². The van der Waals surface area contributed by atoms with Gasteiger partial charge in [0.15, 0.2) is 0 Å². The quantitative estimate of drug-likeness (QED) is 0.344. The van der Waals surface area contributed by atoms with E-state index in [0.29, 0.717) is 12.4 Å². The SMILES string of the molecule is CC.CC1=C(c2cccc(O)c2)C(c2ccc(OCCN3CC(CF)C3)cc2)Oc2cc(Cl)c(O)cc21. The zero-order valence-electron chi connectivity index (χ0n) is 21.4. The lowest BCUT2D eigenvalue weighted by molar-refractivity contribution is 0.0668. The first-order valence-corrected chi connectivity index (χ1v) is 13.0. The van der Waals surface area contributed by atoms with E-state index >= 15 is 0 Å². The summed E-state index contributed by atoms with van der Waals surface area (Å²) in [6, 6.07) is 18.0. The number of allylic oxidation sites excluding steroid dienone is 1. The Morgan fingerprint density at radius 2 is 1.78 bits per heavy atom. The van der Waals surface area contributed by atoms with Gasteiger partial charge in [-0.25, -0.2) is 0 Å². The van der Waals surface area contributed by atoms with Crippen LogP contribution in [0, 0.1) is 5.92 Å². The van der Waals surface area contributed by atoms with Crippen LogP contribution in [0.2, 0.25) is 5.02 Å². The molecule has 1 fully saturated rings. The standard InChI is InChI=1S/C28H27ClFNO4.C2H6/c1-17-23-12-25(33)24(29)13-26(23)35-28(27(17)20-3-2-4-21(32)11-20)19-5-7-22(8-6-19)34-10-9-31-15-18(14-30)16-31;1-2/h2-8,11-13,18,28,32-33H,9-10,14-16H2,1H3;1-2H3. The molecule has 0 aromatic heterocycles. The Hall–Kier alpha value is -3.22. The lowest BCUT2D eigenvalue weighted by Crippen LogP contribution is -2.49. The molecule has 7 heteroatoms. The summed E-state index contributed by atoms with van der Waals surface area (Å²) in [6.07, 6.45) is -0.447. The number of halogens is 2. The molecule has 0 amide bonds. The number of hydrogen-bond donors (Lipinski definition) is 2. The highest BCUT2D eigenvalue weighted by Gasteiger charge is 2.30. The minimum atomic E-state index is -0.447. The predicted octanol–water partition coefficient (Wildman–Crippen LogP) is 7.12. The molecule has 2 aliphatic heterocycles. The summed E-state index contributed by atoms with van der Waals surface area (Å²) in [7, 11) is 0. The topological polar surface area (TPSA) is 62.2 Å². The predicted molar refractivity (Wildman–Crippen MR) is 146 cm³/mol. The molecule has 196 valence electrons. The second-order valence-corrected chi connectivity index (χ2v) is 9.49. The highest BCUT2D eigenvalue weighted by molar-refractivity contribution is 6.32. The van der Waals surface area contributed by atoms with E-state index in [-0.39, 0.29) is 29.1 Å². The van der Waals surface area contributed by atoms with Gasteiger partial charge in [0.1, 0.15) is 35.7 Å². The van der Waals surface area contributed by atoms with Crippen LogP contribution in [-0.2, 0) is 0 Å². The van der Waals surface area contributed by atoms with E-state index in [2.05, 4.69) is 4.90 Å². The molecule has 2 aliphatic rings. The minimum Gasteiger partial charge on any atom is -0.508 e. The van der Waals surface area contributed by atoms with Crippen LogP contribution in [0.4, 0.5) is 4.39 Å². The summed E-state index contributed by atoms with van der Waals surface area (Å²) in [5, 5.41) is 20.5. The average Bonchev–Trinajstić information content (AvgIpc) is 2.88. The fourth-order valence-electron chi connectivity index (χ4n) is 4.73. The number of rotatable bonds is 7. The number of phenols is 2. The van der Waals surface area contributed by atoms with Crippen LogP contribution >= 0.6 is 11.6 Å². The first-order valence-electron chi connectivity index (χ1n) is 12.6. The third kappa shape index (κ3) is 5.86. The van der Waals surface area contributed by atoms with Crippen molar-refractivity contribution >= 4 is 22.7 Å².